The van der Waals surface area contributed by atoms with Gasteiger partial charge in [-0.15, -0.1) is 0 Å². The van der Waals surface area contributed by atoms with E-state index in [1.807, 2.05) is 42.5 Å². The molecule has 1 unspecified atom stereocenters. The molecular weight excluding hydrogens is 336 g/mol. The molecule has 0 aliphatic heterocycles. The number of carboxylic acids is 1. The van der Waals surface area contributed by atoms with Gasteiger partial charge in [-0.25, -0.2) is 4.79 Å². The molecule has 0 bridgehead atoms. The number of carbonyl (C=O) groups is 3. The van der Waals surface area contributed by atoms with E-state index in [0.717, 1.165) is 11.1 Å². The lowest BCUT2D eigenvalue weighted by Gasteiger charge is -2.03. The number of aliphatic carboxylic acids is 1. The Morgan fingerprint density at radius 1 is 1.04 bits per heavy atom. The van der Waals surface area contributed by atoms with Crippen molar-refractivity contribution in [2.75, 3.05) is 13.7 Å². The highest BCUT2D eigenvalue weighted by Crippen LogP contribution is 2.19. The zero-order chi connectivity index (χ0) is 19.5. The number of amides is 1. The summed E-state index contributed by atoms with van der Waals surface area (Å²) in [5, 5.41) is 10.2. The molecule has 0 spiro atoms. The molecule has 26 heavy (non-hydrogen) atoms. The summed E-state index contributed by atoms with van der Waals surface area (Å²) in [4.78, 5) is 31.7. The van der Waals surface area contributed by atoms with Gasteiger partial charge in [0.2, 0.25) is 5.91 Å². The van der Waals surface area contributed by atoms with E-state index in [1.54, 1.807) is 12.1 Å². The van der Waals surface area contributed by atoms with Gasteiger partial charge < -0.3 is 20.9 Å². The average molecular weight is 358 g/mol. The van der Waals surface area contributed by atoms with Gasteiger partial charge in [0.05, 0.1) is 18.7 Å². The van der Waals surface area contributed by atoms with Gasteiger partial charge in [0.25, 0.3) is 0 Å². The summed E-state index contributed by atoms with van der Waals surface area (Å²) in [6.07, 6.45) is 0. The molecular formula is C19H22N2O5. The van der Waals surface area contributed by atoms with Crippen LogP contribution < -0.4 is 11.1 Å². The predicted molar refractivity (Wildman–Crippen MR) is 97.5 cm³/mol. The molecule has 138 valence electrons. The van der Waals surface area contributed by atoms with Crippen LogP contribution in [0.2, 0.25) is 0 Å². The van der Waals surface area contributed by atoms with Gasteiger partial charge in [0, 0.05) is 0 Å². The Morgan fingerprint density at radius 3 is 2.04 bits per heavy atom. The van der Waals surface area contributed by atoms with Crippen molar-refractivity contribution in [2.24, 2.45) is 5.73 Å². The Kier molecular flexibility index (Phi) is 8.52. The van der Waals surface area contributed by atoms with E-state index in [1.165, 1.54) is 14.0 Å². The fourth-order valence-corrected chi connectivity index (χ4v) is 1.87. The van der Waals surface area contributed by atoms with Crippen molar-refractivity contribution in [3.8, 4) is 11.1 Å². The minimum atomic E-state index is -1.07. The number of hydrogen-bond donors (Lipinski definition) is 3. The number of nitrogens with two attached hydrogens (primary N) is 1. The third kappa shape index (κ3) is 7.14. The standard InChI is InChI=1S/C14H12O2.C5H10N2O3/c1-16-14(15)13-9-7-12(8-10-13)11-5-3-2-4-6-11;1-3(6)5(10)7-2-4(8)9/h2-10H,1H3;3H,2,6H2,1H3,(H,7,10)(H,8,9). The molecule has 0 fully saturated rings. The molecule has 0 aliphatic carbocycles. The fraction of sp³-hybridized carbons (Fsp3) is 0.211. The van der Waals surface area contributed by atoms with E-state index < -0.39 is 17.9 Å². The number of ether oxygens (including phenoxy) is 1. The number of benzene rings is 2. The second-order valence-electron chi connectivity index (χ2n) is 5.34. The van der Waals surface area contributed by atoms with Gasteiger partial charge in [0.15, 0.2) is 0 Å². The molecule has 0 aromatic heterocycles. The third-order valence-corrected chi connectivity index (χ3v) is 3.24. The van der Waals surface area contributed by atoms with Crippen LogP contribution in [0.3, 0.4) is 0 Å². The summed E-state index contributed by atoms with van der Waals surface area (Å²) >= 11 is 0. The van der Waals surface area contributed by atoms with E-state index in [-0.39, 0.29) is 12.5 Å². The minimum absolute atomic E-state index is 0.306. The first kappa shape index (κ1) is 20.9. The lowest BCUT2D eigenvalue weighted by Crippen LogP contribution is -2.40. The Morgan fingerprint density at radius 2 is 1.58 bits per heavy atom. The molecule has 7 nitrogen and oxygen atoms in total. The van der Waals surface area contributed by atoms with Crippen molar-refractivity contribution in [2.45, 2.75) is 13.0 Å². The van der Waals surface area contributed by atoms with Gasteiger partial charge in [-0.3, -0.25) is 9.59 Å². The number of hydrogen-bond acceptors (Lipinski definition) is 5. The first-order valence-electron chi connectivity index (χ1n) is 7.84. The Bertz CT molecular complexity index is 727. The molecule has 7 heteroatoms. The van der Waals surface area contributed by atoms with Gasteiger partial charge >= 0.3 is 11.9 Å². The molecule has 0 aliphatic rings. The van der Waals surface area contributed by atoms with Gasteiger partial charge in [-0.1, -0.05) is 42.5 Å². The highest BCUT2D eigenvalue weighted by Gasteiger charge is 2.07. The maximum Gasteiger partial charge on any atom is 0.337 e. The summed E-state index contributed by atoms with van der Waals surface area (Å²) < 4.78 is 4.64. The van der Waals surface area contributed by atoms with Crippen molar-refractivity contribution in [3.05, 3.63) is 60.2 Å². The molecule has 0 saturated carbocycles. The molecule has 2 rings (SSSR count). The average Bonchev–Trinajstić information content (AvgIpc) is 2.66. The summed E-state index contributed by atoms with van der Waals surface area (Å²) in [6.45, 7) is 1.11. The number of methoxy groups -OCH3 is 1. The maximum absolute atomic E-state index is 11.2. The summed E-state index contributed by atoms with van der Waals surface area (Å²) in [7, 11) is 1.38. The summed E-state index contributed by atoms with van der Waals surface area (Å²) in [5.74, 6) is -1.84. The highest BCUT2D eigenvalue weighted by molar-refractivity contribution is 5.90. The van der Waals surface area contributed by atoms with E-state index in [2.05, 4.69) is 10.1 Å². The van der Waals surface area contributed by atoms with Crippen molar-refractivity contribution in [1.29, 1.82) is 0 Å². The first-order chi connectivity index (χ1) is 12.3. The van der Waals surface area contributed by atoms with Crippen molar-refractivity contribution in [1.82, 2.24) is 5.32 Å². The molecule has 0 radical (unpaired) electrons. The monoisotopic (exact) mass is 358 g/mol. The minimum Gasteiger partial charge on any atom is -0.480 e. The topological polar surface area (TPSA) is 119 Å². The first-order valence-corrected chi connectivity index (χ1v) is 7.84. The zero-order valence-electron chi connectivity index (χ0n) is 14.6. The SMILES string of the molecule is CC(N)C(=O)NCC(=O)O.COC(=O)c1ccc(-c2ccccc2)cc1. The van der Waals surface area contributed by atoms with Crippen LogP contribution in [0.1, 0.15) is 17.3 Å². The van der Waals surface area contributed by atoms with Crippen LogP contribution in [0.4, 0.5) is 0 Å². The van der Waals surface area contributed by atoms with Crippen LogP contribution in [0.15, 0.2) is 54.6 Å². The summed E-state index contributed by atoms with van der Waals surface area (Å²) in [6, 6.07) is 16.8. The highest BCUT2D eigenvalue weighted by atomic mass is 16.5. The van der Waals surface area contributed by atoms with E-state index >= 15 is 0 Å². The molecule has 2 aromatic carbocycles. The quantitative estimate of drug-likeness (QED) is 0.700. The van der Waals surface area contributed by atoms with E-state index in [4.69, 9.17) is 10.8 Å². The Labute approximate surface area is 151 Å². The number of carboxylic acid groups (broad SMARTS) is 1. The Balaban J connectivity index is 0.000000294. The van der Waals surface area contributed by atoms with Crippen LogP contribution in [-0.2, 0) is 14.3 Å². The zero-order valence-corrected chi connectivity index (χ0v) is 14.6. The van der Waals surface area contributed by atoms with Gasteiger partial charge in [-0.05, 0) is 30.2 Å². The van der Waals surface area contributed by atoms with E-state index in [0.29, 0.717) is 5.56 Å². The van der Waals surface area contributed by atoms with Crippen molar-refractivity contribution >= 4 is 17.8 Å². The lowest BCUT2D eigenvalue weighted by atomic mass is 10.0. The van der Waals surface area contributed by atoms with Crippen LogP contribution >= 0.6 is 0 Å². The third-order valence-electron chi connectivity index (χ3n) is 3.24. The second kappa shape index (κ2) is 10.6. The van der Waals surface area contributed by atoms with Gasteiger partial charge in [0.1, 0.15) is 6.54 Å². The molecule has 1 amide bonds. The van der Waals surface area contributed by atoms with Crippen LogP contribution in [0, 0.1) is 0 Å². The number of carbonyl (C=O) groups excluding carboxylic acids is 2. The van der Waals surface area contributed by atoms with Gasteiger partial charge in [-0.2, -0.15) is 0 Å². The van der Waals surface area contributed by atoms with Crippen molar-refractivity contribution < 1.29 is 24.2 Å². The van der Waals surface area contributed by atoms with Crippen LogP contribution in [-0.4, -0.2) is 42.6 Å². The number of nitrogens with one attached hydrogen (secondary N) is 1. The molecule has 2 aromatic rings. The number of esters is 1. The Hall–Kier alpha value is -3.19. The van der Waals surface area contributed by atoms with Crippen LogP contribution in [0.25, 0.3) is 11.1 Å². The number of rotatable bonds is 5. The molecule has 0 saturated heterocycles. The van der Waals surface area contributed by atoms with Crippen LogP contribution in [0.5, 0.6) is 0 Å². The predicted octanol–water partition coefficient (Wildman–Crippen LogP) is 1.67. The molecule has 4 N–H and O–H groups in total. The fourth-order valence-electron chi connectivity index (χ4n) is 1.87. The van der Waals surface area contributed by atoms with Crippen molar-refractivity contribution in [3.63, 3.8) is 0 Å². The largest absolute Gasteiger partial charge is 0.480 e. The lowest BCUT2D eigenvalue weighted by molar-refractivity contribution is -0.138. The maximum atomic E-state index is 11.2. The normalized spacial score (nSPS) is 10.7. The smallest absolute Gasteiger partial charge is 0.337 e. The second-order valence-corrected chi connectivity index (χ2v) is 5.34. The van der Waals surface area contributed by atoms with E-state index in [9.17, 15) is 14.4 Å². The molecule has 0 heterocycles. The summed E-state index contributed by atoms with van der Waals surface area (Å²) in [5.41, 5.74) is 7.92. The molecule has 1 atom stereocenters.